The van der Waals surface area contributed by atoms with Gasteiger partial charge in [-0.2, -0.15) is 9.59 Å². The summed E-state index contributed by atoms with van der Waals surface area (Å²) in [5.74, 6) is -0.102. The van der Waals surface area contributed by atoms with Crippen molar-refractivity contribution < 1.29 is 72.6 Å². The van der Waals surface area contributed by atoms with E-state index in [1.807, 2.05) is 0 Å². The Morgan fingerprint density at radius 2 is 2.10 bits per heavy atom. The molecule has 1 heterocycles. The number of carbonyl (C=O) groups is 1. The minimum atomic E-state index is -0.102. The van der Waals surface area contributed by atoms with Crippen molar-refractivity contribution in [2.75, 3.05) is 6.54 Å². The van der Waals surface area contributed by atoms with Crippen LogP contribution in [-0.2, 0) is 14.4 Å². The molecule has 0 saturated carbocycles. The summed E-state index contributed by atoms with van der Waals surface area (Å²) < 4.78 is 0. The minimum absolute atomic E-state index is 0. The molecule has 1 rings (SSSR count). The van der Waals surface area contributed by atoms with Gasteiger partial charge in [0.25, 0.3) is 0 Å². The number of hydrogen-bond donors (Lipinski definition) is 1. The van der Waals surface area contributed by atoms with Gasteiger partial charge in [-0.05, 0) is 0 Å². The standard InChI is InChI=1S/C4H4NO.CO2.Rb/c6-4-2-1-3-5-4;2-1-3;/h1H,3H2,(H,5,6);;/q-1;;+1. The van der Waals surface area contributed by atoms with Crippen LogP contribution in [-0.4, -0.2) is 18.6 Å². The van der Waals surface area contributed by atoms with Crippen molar-refractivity contribution in [3.8, 4) is 0 Å². The fourth-order valence-electron chi connectivity index (χ4n) is 0.338. The van der Waals surface area contributed by atoms with E-state index < -0.39 is 0 Å². The minimum Gasteiger partial charge on any atom is -0.407 e. The molecule has 10 heavy (non-hydrogen) atoms. The molecule has 48 valence electrons. The van der Waals surface area contributed by atoms with Gasteiger partial charge in [-0.15, -0.1) is 0 Å². The molecular weight excluding hydrogens is 208 g/mol. The molecule has 5 heteroatoms. The van der Waals surface area contributed by atoms with Crippen LogP contribution < -0.4 is 63.5 Å². The van der Waals surface area contributed by atoms with E-state index in [-0.39, 0.29) is 70.2 Å². The second-order valence-electron chi connectivity index (χ2n) is 1.14. The van der Waals surface area contributed by atoms with E-state index in [2.05, 4.69) is 11.4 Å². The maximum Gasteiger partial charge on any atom is 1.00 e. The monoisotopic (exact) mass is 211 g/mol. The molecule has 0 atom stereocenters. The van der Waals surface area contributed by atoms with Crippen molar-refractivity contribution in [1.82, 2.24) is 5.32 Å². The molecule has 4 nitrogen and oxygen atoms in total. The molecule has 0 saturated heterocycles. The second kappa shape index (κ2) is 9.40. The van der Waals surface area contributed by atoms with Crippen LogP contribution in [0.15, 0.2) is 6.08 Å². The Kier molecular flexibility index (Phi) is 12.2. The van der Waals surface area contributed by atoms with E-state index >= 15 is 0 Å². The molecule has 0 aromatic rings. The molecule has 1 N–H and O–H groups in total. The molecule has 0 aromatic heterocycles. The number of hydrogen-bond acceptors (Lipinski definition) is 3. The third-order valence-corrected chi connectivity index (χ3v) is 0.598. The fourth-order valence-corrected chi connectivity index (χ4v) is 0.338. The first-order chi connectivity index (χ1) is 4.31. The van der Waals surface area contributed by atoms with Gasteiger partial charge >= 0.3 is 64.3 Å². The summed E-state index contributed by atoms with van der Waals surface area (Å²) in [6.45, 7) is 0.652. The Balaban J connectivity index is 0. The molecule has 0 spiro atoms. The fraction of sp³-hybridized carbons (Fsp3) is 0.200. The van der Waals surface area contributed by atoms with Gasteiger partial charge in [0.1, 0.15) is 0 Å². The van der Waals surface area contributed by atoms with Crippen LogP contribution in [0.4, 0.5) is 0 Å². The van der Waals surface area contributed by atoms with Crippen molar-refractivity contribution >= 4 is 12.1 Å². The molecular formula is C5H4NO3Rb. The van der Waals surface area contributed by atoms with E-state index in [0.29, 0.717) is 6.54 Å². The molecule has 0 bridgehead atoms. The van der Waals surface area contributed by atoms with E-state index in [4.69, 9.17) is 9.59 Å². The first-order valence-corrected chi connectivity index (χ1v) is 2.16. The van der Waals surface area contributed by atoms with E-state index in [1.54, 1.807) is 6.08 Å². The predicted molar refractivity (Wildman–Crippen MR) is 25.8 cm³/mol. The number of amides is 1. The average molecular weight is 212 g/mol. The van der Waals surface area contributed by atoms with Gasteiger partial charge in [-0.1, -0.05) is 0 Å². The number of carbonyl (C=O) groups excluding carboxylic acids is 3. The summed E-state index contributed by atoms with van der Waals surface area (Å²) in [7, 11) is 0. The summed E-state index contributed by atoms with van der Waals surface area (Å²) in [5.41, 5.74) is 0. The topological polar surface area (TPSA) is 63.2 Å². The Hall–Kier alpha value is 0.395. The third-order valence-electron chi connectivity index (χ3n) is 0.598. The van der Waals surface area contributed by atoms with Crippen LogP contribution >= 0.6 is 0 Å². The molecule has 0 unspecified atom stereocenters. The molecule has 1 aliphatic heterocycles. The summed E-state index contributed by atoms with van der Waals surface area (Å²) in [6, 6.07) is 0. The average Bonchev–Trinajstić information content (AvgIpc) is 2.20. The largest absolute Gasteiger partial charge is 1.00 e. The van der Waals surface area contributed by atoms with Crippen LogP contribution in [0.25, 0.3) is 0 Å². The Labute approximate surface area is 107 Å². The molecule has 1 amide bonds. The second-order valence-corrected chi connectivity index (χ2v) is 1.14. The normalized spacial score (nSPS) is 11.8. The van der Waals surface area contributed by atoms with Gasteiger partial charge in [-0.25, -0.2) is 6.08 Å². The quantitative estimate of drug-likeness (QED) is 0.415. The smallest absolute Gasteiger partial charge is 0.407 e. The van der Waals surface area contributed by atoms with E-state index in [9.17, 15) is 4.79 Å². The van der Waals surface area contributed by atoms with Crippen LogP contribution in [0.2, 0.25) is 0 Å². The number of rotatable bonds is 0. The van der Waals surface area contributed by atoms with Gasteiger partial charge in [0, 0.05) is 6.54 Å². The van der Waals surface area contributed by atoms with Crippen molar-refractivity contribution in [3.05, 3.63) is 12.2 Å². The van der Waals surface area contributed by atoms with Crippen molar-refractivity contribution in [2.45, 2.75) is 0 Å². The van der Waals surface area contributed by atoms with Crippen molar-refractivity contribution in [3.63, 3.8) is 0 Å². The zero-order valence-electron chi connectivity index (χ0n) is 5.51. The summed E-state index contributed by atoms with van der Waals surface area (Å²) in [5, 5.41) is 2.51. The molecule has 0 aromatic carbocycles. The van der Waals surface area contributed by atoms with Crippen molar-refractivity contribution in [1.29, 1.82) is 0 Å². The Bertz CT molecular complexity index is 160. The summed E-state index contributed by atoms with van der Waals surface area (Å²) in [6.07, 6.45) is 4.36. The van der Waals surface area contributed by atoms with E-state index in [1.165, 1.54) is 0 Å². The number of nitrogens with one attached hydrogen (secondary N) is 1. The summed E-state index contributed by atoms with van der Waals surface area (Å²) in [4.78, 5) is 26.2. The Morgan fingerprint density at radius 3 is 2.20 bits per heavy atom. The van der Waals surface area contributed by atoms with Crippen LogP contribution in [0.5, 0.6) is 0 Å². The van der Waals surface area contributed by atoms with Crippen LogP contribution in [0.3, 0.4) is 0 Å². The van der Waals surface area contributed by atoms with Gasteiger partial charge < -0.3 is 16.2 Å². The third kappa shape index (κ3) is 8.40. The van der Waals surface area contributed by atoms with Gasteiger partial charge in [0.15, 0.2) is 0 Å². The zero-order valence-corrected chi connectivity index (χ0v) is 10.4. The Morgan fingerprint density at radius 1 is 1.60 bits per heavy atom. The van der Waals surface area contributed by atoms with Crippen molar-refractivity contribution in [2.24, 2.45) is 0 Å². The maximum absolute atomic E-state index is 9.99. The first kappa shape index (κ1) is 13.0. The predicted octanol–water partition coefficient (Wildman–Crippen LogP) is -4.10. The zero-order chi connectivity index (χ0) is 7.11. The SMILES string of the molecule is O=C1[C-]=CCN1.O=C=O.[Rb+]. The molecule has 0 fully saturated rings. The molecule has 1 aliphatic rings. The molecule has 0 aliphatic carbocycles. The van der Waals surface area contributed by atoms with E-state index in [0.717, 1.165) is 0 Å². The van der Waals surface area contributed by atoms with Crippen LogP contribution in [0.1, 0.15) is 0 Å². The first-order valence-electron chi connectivity index (χ1n) is 2.16. The van der Waals surface area contributed by atoms with Gasteiger partial charge in [0.05, 0.1) is 5.91 Å². The van der Waals surface area contributed by atoms with Gasteiger partial charge in [0.2, 0.25) is 0 Å². The summed E-state index contributed by atoms with van der Waals surface area (Å²) >= 11 is 0. The van der Waals surface area contributed by atoms with Crippen LogP contribution in [0, 0.1) is 6.08 Å². The maximum atomic E-state index is 9.99. The van der Waals surface area contributed by atoms with Gasteiger partial charge in [-0.3, -0.25) is 0 Å². The molecule has 0 radical (unpaired) electrons.